The summed E-state index contributed by atoms with van der Waals surface area (Å²) in [6, 6.07) is 10.9. The Morgan fingerprint density at radius 2 is 1.97 bits per heavy atom. The summed E-state index contributed by atoms with van der Waals surface area (Å²) in [5, 5.41) is 14.2. The second-order valence-electron chi connectivity index (χ2n) is 5.86. The monoisotopic (exact) mass is 427 g/mol. The molecule has 0 bridgehead atoms. The minimum atomic E-state index is -0.685. The molecule has 4 aromatic rings. The molecule has 2 aromatic heterocycles. The lowest BCUT2D eigenvalue weighted by molar-refractivity contribution is -0.384. The topological polar surface area (TPSA) is 131 Å². The van der Waals surface area contributed by atoms with Crippen molar-refractivity contribution in [3.63, 3.8) is 0 Å². The zero-order valence-corrected chi connectivity index (χ0v) is 16.0. The molecular weight excluding hydrogens is 418 g/mol. The van der Waals surface area contributed by atoms with Gasteiger partial charge in [-0.05, 0) is 30.3 Å². The maximum absolute atomic E-state index is 12.4. The van der Waals surface area contributed by atoms with Gasteiger partial charge >= 0.3 is 0 Å². The number of halogens is 1. The first-order valence-corrected chi connectivity index (χ1v) is 9.32. The molecular formula is C18H10ClN5O4S. The summed E-state index contributed by atoms with van der Waals surface area (Å²) >= 11 is 6.91. The van der Waals surface area contributed by atoms with Crippen LogP contribution in [0.25, 0.3) is 21.6 Å². The molecule has 144 valence electrons. The van der Waals surface area contributed by atoms with Crippen LogP contribution >= 0.6 is 22.9 Å². The van der Waals surface area contributed by atoms with Crippen molar-refractivity contribution in [3.05, 3.63) is 79.7 Å². The Kier molecular flexibility index (Phi) is 4.79. The van der Waals surface area contributed by atoms with E-state index in [9.17, 15) is 19.7 Å². The van der Waals surface area contributed by atoms with E-state index < -0.39 is 16.4 Å². The average molecular weight is 428 g/mol. The van der Waals surface area contributed by atoms with Crippen molar-refractivity contribution in [2.45, 2.75) is 0 Å². The number of hydrogen-bond donors (Lipinski definition) is 2. The Morgan fingerprint density at radius 1 is 1.21 bits per heavy atom. The Morgan fingerprint density at radius 3 is 2.66 bits per heavy atom. The smallest absolute Gasteiger partial charge is 0.270 e. The van der Waals surface area contributed by atoms with E-state index in [1.54, 1.807) is 24.3 Å². The van der Waals surface area contributed by atoms with Gasteiger partial charge in [-0.3, -0.25) is 25.0 Å². The molecule has 0 unspecified atom stereocenters. The number of nitro groups is 1. The van der Waals surface area contributed by atoms with Crippen LogP contribution in [0.15, 0.2) is 53.5 Å². The number of carbonyl (C=O) groups is 1. The number of aromatic amines is 1. The molecule has 0 spiro atoms. The predicted molar refractivity (Wildman–Crippen MR) is 110 cm³/mol. The zero-order valence-electron chi connectivity index (χ0n) is 14.4. The Balaban J connectivity index is 1.58. The highest BCUT2D eigenvalue weighted by atomic mass is 35.5. The van der Waals surface area contributed by atoms with Gasteiger partial charge < -0.3 is 4.98 Å². The number of fused-ring (bicyclic) bond motifs is 1. The molecule has 0 saturated heterocycles. The molecule has 2 heterocycles. The SMILES string of the molecule is O=C(Nc1nc2ccc([N+](=O)[O-])cc2s1)c1cnc(-c2ccc(Cl)cc2)[nH]c1=O. The van der Waals surface area contributed by atoms with Gasteiger partial charge in [0.2, 0.25) is 0 Å². The Hall–Kier alpha value is -3.63. The molecule has 1 amide bonds. The number of carbonyl (C=O) groups excluding carboxylic acids is 1. The van der Waals surface area contributed by atoms with Crippen LogP contribution < -0.4 is 10.9 Å². The molecule has 11 heteroatoms. The van der Waals surface area contributed by atoms with E-state index in [1.807, 2.05) is 0 Å². The lowest BCUT2D eigenvalue weighted by Crippen LogP contribution is -2.24. The van der Waals surface area contributed by atoms with Crippen molar-refractivity contribution in [3.8, 4) is 11.4 Å². The molecule has 2 aromatic carbocycles. The largest absolute Gasteiger partial charge is 0.306 e. The number of anilines is 1. The van der Waals surface area contributed by atoms with E-state index in [-0.39, 0.29) is 16.4 Å². The fourth-order valence-electron chi connectivity index (χ4n) is 2.56. The second kappa shape index (κ2) is 7.41. The minimum Gasteiger partial charge on any atom is -0.306 e. The fraction of sp³-hybridized carbons (Fsp3) is 0. The first-order chi connectivity index (χ1) is 13.9. The lowest BCUT2D eigenvalue weighted by atomic mass is 10.2. The number of benzene rings is 2. The van der Waals surface area contributed by atoms with Crippen molar-refractivity contribution in [2.75, 3.05) is 5.32 Å². The second-order valence-corrected chi connectivity index (χ2v) is 7.33. The molecule has 0 fully saturated rings. The molecule has 0 radical (unpaired) electrons. The third-order valence-corrected chi connectivity index (χ3v) is 5.15. The standard InChI is InChI=1S/C18H10ClN5O4S/c19-10-3-1-9(2-4-10)15-20-8-12(16(25)22-15)17(26)23-18-21-13-6-5-11(24(27)28)7-14(13)29-18/h1-8H,(H,20,22,25)(H,21,23,26). The quantitative estimate of drug-likeness (QED) is 0.375. The van der Waals surface area contributed by atoms with Crippen LogP contribution in [0.2, 0.25) is 5.02 Å². The van der Waals surface area contributed by atoms with Crippen LogP contribution in [-0.2, 0) is 0 Å². The number of aromatic nitrogens is 3. The first-order valence-electron chi connectivity index (χ1n) is 8.12. The highest BCUT2D eigenvalue weighted by Crippen LogP contribution is 2.29. The summed E-state index contributed by atoms with van der Waals surface area (Å²) in [5.74, 6) is -0.384. The number of thiazole rings is 1. The minimum absolute atomic E-state index is 0.0718. The Bertz CT molecular complexity index is 1320. The van der Waals surface area contributed by atoms with Gasteiger partial charge in [-0.2, -0.15) is 0 Å². The van der Waals surface area contributed by atoms with Crippen LogP contribution in [-0.4, -0.2) is 25.8 Å². The highest BCUT2D eigenvalue weighted by molar-refractivity contribution is 7.22. The van der Waals surface area contributed by atoms with Crippen LogP contribution in [0.1, 0.15) is 10.4 Å². The van der Waals surface area contributed by atoms with Crippen LogP contribution in [0.4, 0.5) is 10.8 Å². The van der Waals surface area contributed by atoms with E-state index in [0.29, 0.717) is 26.6 Å². The van der Waals surface area contributed by atoms with Crippen LogP contribution in [0.5, 0.6) is 0 Å². The van der Waals surface area contributed by atoms with Crippen molar-refractivity contribution >= 4 is 49.9 Å². The molecule has 29 heavy (non-hydrogen) atoms. The lowest BCUT2D eigenvalue weighted by Gasteiger charge is -2.03. The first kappa shape index (κ1) is 18.7. The summed E-state index contributed by atoms with van der Waals surface area (Å²) in [5.41, 5.74) is 0.275. The average Bonchev–Trinajstić information content (AvgIpc) is 3.09. The Labute approximate surface area is 171 Å². The van der Waals surface area contributed by atoms with Gasteiger partial charge in [0, 0.05) is 28.9 Å². The van der Waals surface area contributed by atoms with Gasteiger partial charge in [-0.25, -0.2) is 9.97 Å². The van der Waals surface area contributed by atoms with Gasteiger partial charge in [0.15, 0.2) is 5.13 Å². The van der Waals surface area contributed by atoms with Crippen molar-refractivity contribution in [1.29, 1.82) is 0 Å². The summed E-state index contributed by atoms with van der Waals surface area (Å²) in [6.07, 6.45) is 1.18. The maximum atomic E-state index is 12.4. The number of H-pyrrole nitrogens is 1. The number of hydrogen-bond acceptors (Lipinski definition) is 7. The number of nitro benzene ring substituents is 1. The number of rotatable bonds is 4. The molecule has 0 aliphatic rings. The third kappa shape index (κ3) is 3.84. The van der Waals surface area contributed by atoms with E-state index in [1.165, 1.54) is 24.4 Å². The molecule has 4 rings (SSSR count). The van der Waals surface area contributed by atoms with Gasteiger partial charge in [-0.15, -0.1) is 0 Å². The molecule has 0 saturated carbocycles. The molecule has 2 N–H and O–H groups in total. The van der Waals surface area contributed by atoms with E-state index in [0.717, 1.165) is 11.3 Å². The summed E-state index contributed by atoms with van der Waals surface area (Å²) in [4.78, 5) is 46.0. The predicted octanol–water partition coefficient (Wildman–Crippen LogP) is 3.86. The number of non-ortho nitro benzene ring substituents is 1. The van der Waals surface area contributed by atoms with E-state index in [2.05, 4.69) is 20.3 Å². The summed E-state index contributed by atoms with van der Waals surface area (Å²) < 4.78 is 0.541. The van der Waals surface area contributed by atoms with Gasteiger partial charge in [0.1, 0.15) is 11.4 Å². The summed E-state index contributed by atoms with van der Waals surface area (Å²) in [6.45, 7) is 0. The highest BCUT2D eigenvalue weighted by Gasteiger charge is 2.16. The van der Waals surface area contributed by atoms with Gasteiger partial charge in [-0.1, -0.05) is 22.9 Å². The van der Waals surface area contributed by atoms with E-state index in [4.69, 9.17) is 11.6 Å². The van der Waals surface area contributed by atoms with Crippen molar-refractivity contribution < 1.29 is 9.72 Å². The zero-order chi connectivity index (χ0) is 20.5. The van der Waals surface area contributed by atoms with Gasteiger partial charge in [0.05, 0.1) is 15.1 Å². The number of nitrogens with zero attached hydrogens (tertiary/aromatic N) is 3. The van der Waals surface area contributed by atoms with E-state index >= 15 is 0 Å². The van der Waals surface area contributed by atoms with Crippen LogP contribution in [0, 0.1) is 10.1 Å². The third-order valence-electron chi connectivity index (χ3n) is 3.96. The molecule has 0 aliphatic heterocycles. The normalized spacial score (nSPS) is 10.8. The summed E-state index contributed by atoms with van der Waals surface area (Å²) in [7, 11) is 0. The maximum Gasteiger partial charge on any atom is 0.270 e. The number of nitrogens with one attached hydrogen (secondary N) is 2. The van der Waals surface area contributed by atoms with Gasteiger partial charge in [0.25, 0.3) is 17.2 Å². The molecule has 0 atom stereocenters. The number of amides is 1. The molecule has 0 aliphatic carbocycles. The van der Waals surface area contributed by atoms with Crippen LogP contribution in [0.3, 0.4) is 0 Å². The van der Waals surface area contributed by atoms with Crippen molar-refractivity contribution in [2.24, 2.45) is 0 Å². The molecule has 9 nitrogen and oxygen atoms in total. The van der Waals surface area contributed by atoms with Crippen molar-refractivity contribution in [1.82, 2.24) is 15.0 Å². The fourth-order valence-corrected chi connectivity index (χ4v) is 3.58.